The van der Waals surface area contributed by atoms with Gasteiger partial charge in [0.25, 0.3) is 0 Å². The first-order valence-corrected chi connectivity index (χ1v) is 27.4. The molecule has 0 heterocycles. The number of unbranched alkanes of at least 4 members (excludes halogenated alkanes) is 40. The topological polar surface area (TPSA) is 112 Å². The van der Waals surface area contributed by atoms with Crippen LogP contribution in [0.15, 0.2) is 0 Å². The van der Waals surface area contributed by atoms with Crippen molar-refractivity contribution in [3.63, 3.8) is 0 Å². The molecule has 1 unspecified atom stereocenters. The average molecular weight is 863 g/mol. The Balaban J connectivity index is 4.88. The summed E-state index contributed by atoms with van der Waals surface area (Å²) < 4.78 is 0. The highest BCUT2D eigenvalue weighted by Gasteiger charge is 2.62. The van der Waals surface area contributed by atoms with Gasteiger partial charge in [-0.2, -0.15) is 0 Å². The molecule has 3 N–H and O–H groups in total. The van der Waals surface area contributed by atoms with Gasteiger partial charge in [0.05, 0.1) is 6.61 Å². The van der Waals surface area contributed by atoms with E-state index in [0.717, 1.165) is 57.8 Å². The molecule has 6 nitrogen and oxygen atoms in total. The van der Waals surface area contributed by atoms with E-state index in [1.807, 2.05) is 0 Å². The molecule has 362 valence electrons. The van der Waals surface area contributed by atoms with E-state index < -0.39 is 35.2 Å². The van der Waals surface area contributed by atoms with Crippen molar-refractivity contribution in [2.24, 2.45) is 0 Å². The van der Waals surface area contributed by atoms with Crippen LogP contribution >= 0.6 is 0 Å². The molecule has 0 fully saturated rings. The second-order valence-corrected chi connectivity index (χ2v) is 19.4. The van der Waals surface area contributed by atoms with Gasteiger partial charge in [-0.3, -0.25) is 14.4 Å². The minimum absolute atomic E-state index is 0.0738. The highest BCUT2D eigenvalue weighted by molar-refractivity contribution is 6.16. The predicted octanol–water partition coefficient (Wildman–Crippen LogP) is 16.2. The zero-order chi connectivity index (χ0) is 45.0. The lowest BCUT2D eigenvalue weighted by Gasteiger charge is -2.39. The first kappa shape index (κ1) is 59.9. The van der Waals surface area contributed by atoms with E-state index in [1.165, 1.54) is 199 Å². The SMILES string of the molecule is CCCCCCCCCCCCCCCCCC(=O)C(O)(C(=O)CCCCCCCCCCCCCCCCC)C(O)(CO)C(=O)CCCCCCCCCCCCCCC. The minimum atomic E-state index is -2.92. The number of ketones is 3. The smallest absolute Gasteiger partial charge is 0.219 e. The van der Waals surface area contributed by atoms with Crippen molar-refractivity contribution in [3.05, 3.63) is 0 Å². The van der Waals surface area contributed by atoms with Crippen molar-refractivity contribution >= 4 is 17.3 Å². The Hall–Kier alpha value is -1.11. The predicted molar refractivity (Wildman–Crippen MR) is 261 cm³/mol. The summed E-state index contributed by atoms with van der Waals surface area (Å²) in [6.45, 7) is 5.62. The highest BCUT2D eigenvalue weighted by atomic mass is 16.4. The van der Waals surface area contributed by atoms with E-state index in [0.29, 0.717) is 19.3 Å². The van der Waals surface area contributed by atoms with E-state index in [4.69, 9.17) is 0 Å². The van der Waals surface area contributed by atoms with Crippen LogP contribution in [0.5, 0.6) is 0 Å². The van der Waals surface area contributed by atoms with Crippen LogP contribution < -0.4 is 0 Å². The molecule has 0 aliphatic carbocycles. The summed E-state index contributed by atoms with van der Waals surface area (Å²) in [4.78, 5) is 41.2. The fourth-order valence-electron chi connectivity index (χ4n) is 9.21. The van der Waals surface area contributed by atoms with Crippen LogP contribution in [0.2, 0.25) is 0 Å². The van der Waals surface area contributed by atoms with Crippen LogP contribution in [0, 0.1) is 0 Å². The summed E-state index contributed by atoms with van der Waals surface area (Å²) in [7, 11) is 0. The molecule has 0 aromatic rings. The standard InChI is InChI=1S/C55H106O6/c1-4-7-10-13-16-19-22-25-27-30-33-36-39-42-45-48-52(58)55(61,53(59)49-46-43-40-37-34-31-28-26-23-20-17-14-11-8-5-2)54(60,50-56)51(57)47-44-41-38-35-32-29-24-21-18-15-12-9-6-3/h56,60-61H,4-50H2,1-3H3. The maximum atomic E-state index is 13.8. The lowest BCUT2D eigenvalue weighted by molar-refractivity contribution is -0.194. The highest BCUT2D eigenvalue weighted by Crippen LogP contribution is 2.32. The number of Topliss-reactive ketones (excluding diaryl/α,β-unsaturated/α-hetero) is 3. The number of carbonyl (C=O) groups is 3. The second kappa shape index (κ2) is 44.1. The summed E-state index contributed by atoms with van der Waals surface area (Å²) >= 11 is 0. The summed E-state index contributed by atoms with van der Waals surface area (Å²) in [5.41, 5.74) is -5.73. The van der Waals surface area contributed by atoms with Crippen molar-refractivity contribution in [1.82, 2.24) is 0 Å². The van der Waals surface area contributed by atoms with Gasteiger partial charge in [0.15, 0.2) is 23.0 Å². The molecule has 0 amide bonds. The zero-order valence-corrected chi connectivity index (χ0v) is 41.3. The van der Waals surface area contributed by atoms with Gasteiger partial charge < -0.3 is 15.3 Å². The van der Waals surface area contributed by atoms with Crippen LogP contribution in [0.25, 0.3) is 0 Å². The maximum absolute atomic E-state index is 13.8. The van der Waals surface area contributed by atoms with Gasteiger partial charge in [0.2, 0.25) is 5.60 Å². The number of hydrogen-bond donors (Lipinski definition) is 3. The lowest BCUT2D eigenvalue weighted by atomic mass is 9.71. The van der Waals surface area contributed by atoms with Crippen molar-refractivity contribution in [3.8, 4) is 0 Å². The third-order valence-electron chi connectivity index (χ3n) is 13.6. The normalized spacial score (nSPS) is 12.9. The molecule has 0 bridgehead atoms. The average Bonchev–Trinajstić information content (AvgIpc) is 3.26. The zero-order valence-electron chi connectivity index (χ0n) is 41.3. The van der Waals surface area contributed by atoms with Gasteiger partial charge in [-0.25, -0.2) is 0 Å². The number of hydrogen-bond acceptors (Lipinski definition) is 6. The molecule has 6 heteroatoms. The lowest BCUT2D eigenvalue weighted by Crippen LogP contribution is -2.69. The molecular formula is C55H106O6. The minimum Gasteiger partial charge on any atom is -0.393 e. The summed E-state index contributed by atoms with van der Waals surface area (Å²) in [6.07, 6.45) is 50.2. The van der Waals surface area contributed by atoms with Gasteiger partial charge in [-0.1, -0.05) is 278 Å². The molecule has 1 atom stereocenters. The van der Waals surface area contributed by atoms with Crippen molar-refractivity contribution < 1.29 is 29.7 Å². The molecule has 0 aromatic heterocycles. The second-order valence-electron chi connectivity index (χ2n) is 19.4. The Labute approximate surface area is 379 Å². The van der Waals surface area contributed by atoms with Gasteiger partial charge >= 0.3 is 0 Å². The molecule has 0 aromatic carbocycles. The Bertz CT molecular complexity index is 933. The summed E-state index contributed by atoms with van der Waals surface area (Å²) in [5, 5.41) is 34.1. The fourth-order valence-corrected chi connectivity index (χ4v) is 9.21. The first-order valence-electron chi connectivity index (χ1n) is 27.4. The van der Waals surface area contributed by atoms with Gasteiger partial charge in [0.1, 0.15) is 0 Å². The number of carbonyl (C=O) groups excluding carboxylic acids is 3. The van der Waals surface area contributed by atoms with E-state index >= 15 is 0 Å². The molecule has 0 aliphatic rings. The largest absolute Gasteiger partial charge is 0.393 e. The summed E-state index contributed by atoms with van der Waals surface area (Å²) in [6, 6.07) is 0. The van der Waals surface area contributed by atoms with Crippen LogP contribution in [-0.2, 0) is 14.4 Å². The Kier molecular flexibility index (Phi) is 43.3. The van der Waals surface area contributed by atoms with E-state index in [9.17, 15) is 29.7 Å². The van der Waals surface area contributed by atoms with E-state index in [2.05, 4.69) is 20.8 Å². The Morgan fingerprint density at radius 2 is 0.443 bits per heavy atom. The Morgan fingerprint density at radius 3 is 0.623 bits per heavy atom. The quantitative estimate of drug-likeness (QED) is 0.0415. The first-order chi connectivity index (χ1) is 29.8. The third-order valence-corrected chi connectivity index (χ3v) is 13.6. The molecule has 61 heavy (non-hydrogen) atoms. The van der Waals surface area contributed by atoms with Crippen LogP contribution in [0.1, 0.15) is 316 Å². The van der Waals surface area contributed by atoms with Crippen molar-refractivity contribution in [2.75, 3.05) is 6.61 Å². The molecule has 0 saturated heterocycles. The van der Waals surface area contributed by atoms with Crippen molar-refractivity contribution in [1.29, 1.82) is 0 Å². The molecule has 0 rings (SSSR count). The van der Waals surface area contributed by atoms with E-state index in [-0.39, 0.29) is 19.3 Å². The molecule has 0 radical (unpaired) electrons. The van der Waals surface area contributed by atoms with Crippen LogP contribution in [-0.4, -0.2) is 50.5 Å². The number of aliphatic hydroxyl groups is 3. The molecular weight excluding hydrogens is 757 g/mol. The van der Waals surface area contributed by atoms with Crippen molar-refractivity contribution in [2.45, 2.75) is 327 Å². The van der Waals surface area contributed by atoms with Gasteiger partial charge in [-0.05, 0) is 19.3 Å². The molecule has 0 aliphatic heterocycles. The molecule has 0 saturated carbocycles. The number of aliphatic hydroxyl groups excluding tert-OH is 1. The third kappa shape index (κ3) is 31.4. The monoisotopic (exact) mass is 863 g/mol. The Morgan fingerprint density at radius 1 is 0.279 bits per heavy atom. The van der Waals surface area contributed by atoms with Crippen LogP contribution in [0.4, 0.5) is 0 Å². The van der Waals surface area contributed by atoms with E-state index in [1.54, 1.807) is 0 Å². The summed E-state index contributed by atoms with van der Waals surface area (Å²) in [5.74, 6) is -2.43. The van der Waals surface area contributed by atoms with Crippen LogP contribution in [0.3, 0.4) is 0 Å². The fraction of sp³-hybridized carbons (Fsp3) is 0.945. The van der Waals surface area contributed by atoms with Gasteiger partial charge in [0, 0.05) is 19.3 Å². The van der Waals surface area contributed by atoms with Gasteiger partial charge in [-0.15, -0.1) is 0 Å². The molecule has 0 spiro atoms. The maximum Gasteiger partial charge on any atom is 0.219 e. The number of rotatable bonds is 51.